The highest BCUT2D eigenvalue weighted by Gasteiger charge is 2.25. The van der Waals surface area contributed by atoms with Gasteiger partial charge >= 0.3 is 0 Å². The summed E-state index contributed by atoms with van der Waals surface area (Å²) >= 11 is 0. The van der Waals surface area contributed by atoms with Crippen LogP contribution in [-0.4, -0.2) is 28.4 Å². The molecule has 3 aromatic rings. The van der Waals surface area contributed by atoms with Crippen molar-refractivity contribution in [3.05, 3.63) is 53.3 Å². The summed E-state index contributed by atoms with van der Waals surface area (Å²) in [5.41, 5.74) is 1.92. The Morgan fingerprint density at radius 2 is 1.88 bits per heavy atom. The number of H-pyrrole nitrogens is 1. The number of hydrogen-bond donors (Lipinski definition) is 3. The minimum Gasteiger partial charge on any atom is -0.491 e. The van der Waals surface area contributed by atoms with E-state index in [1.807, 2.05) is 5.48 Å². The third-order valence-electron chi connectivity index (χ3n) is 3.35. The fourth-order valence-electron chi connectivity index (χ4n) is 2.23. The van der Waals surface area contributed by atoms with Gasteiger partial charge in [-0.3, -0.25) is 15.8 Å². The van der Waals surface area contributed by atoms with Gasteiger partial charge in [-0.15, -0.1) is 0 Å². The average Bonchev–Trinajstić information content (AvgIpc) is 3.03. The fraction of sp³-hybridized carbons (Fsp3) is 0.0667. The first-order valence-electron chi connectivity index (χ1n) is 6.71. The average molecular weight is 336 g/mol. The third kappa shape index (κ3) is 2.44. The molecule has 0 spiro atoms. The maximum atomic E-state index is 14.2. The van der Waals surface area contributed by atoms with Crippen LogP contribution in [0.3, 0.4) is 0 Å². The zero-order chi connectivity index (χ0) is 17.3. The first kappa shape index (κ1) is 15.8. The van der Waals surface area contributed by atoms with E-state index in [2.05, 4.69) is 19.9 Å². The molecule has 0 saturated carbocycles. The molecular weight excluding hydrogens is 325 g/mol. The maximum Gasteiger partial charge on any atom is 0.204 e. The van der Waals surface area contributed by atoms with Crippen LogP contribution in [0.15, 0.2) is 35.3 Å². The lowest BCUT2D eigenvalue weighted by Crippen LogP contribution is -2.19. The van der Waals surface area contributed by atoms with Gasteiger partial charge in [-0.2, -0.15) is 9.49 Å². The van der Waals surface area contributed by atoms with Crippen molar-refractivity contribution in [1.82, 2.24) is 15.7 Å². The van der Waals surface area contributed by atoms with Crippen LogP contribution in [0.25, 0.3) is 10.9 Å². The van der Waals surface area contributed by atoms with E-state index in [-0.39, 0.29) is 11.7 Å². The second-order valence-electron chi connectivity index (χ2n) is 4.71. The number of hydroxylamine groups is 1. The van der Waals surface area contributed by atoms with Crippen molar-refractivity contribution in [2.75, 3.05) is 7.11 Å². The van der Waals surface area contributed by atoms with E-state index in [0.29, 0.717) is 5.56 Å². The molecule has 3 rings (SSSR count). The Morgan fingerprint density at radius 3 is 2.50 bits per heavy atom. The number of aromatic amines is 1. The Labute approximate surface area is 133 Å². The minimum atomic E-state index is -1.49. The van der Waals surface area contributed by atoms with Crippen molar-refractivity contribution in [2.45, 2.75) is 0 Å². The van der Waals surface area contributed by atoms with Crippen molar-refractivity contribution in [3.63, 3.8) is 0 Å². The maximum absolute atomic E-state index is 14.2. The molecule has 9 heteroatoms. The molecule has 0 radical (unpaired) electrons. The molecule has 0 unspecified atom stereocenters. The smallest absolute Gasteiger partial charge is 0.204 e. The van der Waals surface area contributed by atoms with Crippen LogP contribution < -0.4 is 10.2 Å². The zero-order valence-electron chi connectivity index (χ0n) is 12.3. The summed E-state index contributed by atoms with van der Waals surface area (Å²) in [5.74, 6) is -5.23. The van der Waals surface area contributed by atoms with E-state index in [0.717, 1.165) is 7.11 Å². The number of aliphatic imine (C=N–C) groups is 1. The molecular formula is C15H11F3N4O2. The number of aromatic nitrogens is 2. The monoisotopic (exact) mass is 336 g/mol. The molecule has 1 aromatic heterocycles. The Hall–Kier alpha value is -3.07. The van der Waals surface area contributed by atoms with Gasteiger partial charge < -0.3 is 4.74 Å². The van der Waals surface area contributed by atoms with Crippen LogP contribution in [0.5, 0.6) is 5.75 Å². The molecule has 0 amide bonds. The van der Waals surface area contributed by atoms with Gasteiger partial charge in [-0.05, 0) is 0 Å². The lowest BCUT2D eigenvalue weighted by atomic mass is 10.2. The second kappa shape index (κ2) is 6.20. The van der Waals surface area contributed by atoms with E-state index in [9.17, 15) is 18.4 Å². The van der Waals surface area contributed by atoms with E-state index < -0.39 is 34.1 Å². The lowest BCUT2D eigenvalue weighted by Gasteiger charge is -2.06. The quantitative estimate of drug-likeness (QED) is 0.297. The molecule has 0 aliphatic rings. The molecule has 0 aliphatic carbocycles. The van der Waals surface area contributed by atoms with E-state index in [4.69, 9.17) is 0 Å². The third-order valence-corrected chi connectivity index (χ3v) is 3.35. The summed E-state index contributed by atoms with van der Waals surface area (Å²) in [5, 5.41) is 14.7. The van der Waals surface area contributed by atoms with Gasteiger partial charge in [0.2, 0.25) is 5.82 Å². The van der Waals surface area contributed by atoms with Crippen molar-refractivity contribution in [3.8, 4) is 5.75 Å². The first-order chi connectivity index (χ1) is 11.6. The summed E-state index contributed by atoms with van der Waals surface area (Å²) in [6, 6.07) is 8.37. The lowest BCUT2D eigenvalue weighted by molar-refractivity contribution is 0.235. The number of methoxy groups -OCH3 is 1. The van der Waals surface area contributed by atoms with Crippen LogP contribution in [-0.2, 0) is 0 Å². The minimum absolute atomic E-state index is 0.0694. The Balaban J connectivity index is 2.23. The highest BCUT2D eigenvalue weighted by molar-refractivity contribution is 6.02. The Kier molecular flexibility index (Phi) is 4.09. The van der Waals surface area contributed by atoms with Crippen LogP contribution in [0, 0.1) is 17.5 Å². The molecule has 2 aromatic carbocycles. The Morgan fingerprint density at radius 1 is 1.17 bits per heavy atom. The van der Waals surface area contributed by atoms with Gasteiger partial charge in [0.25, 0.3) is 0 Å². The number of fused-ring (bicyclic) bond motifs is 1. The fourth-order valence-corrected chi connectivity index (χ4v) is 2.23. The van der Waals surface area contributed by atoms with E-state index in [1.165, 1.54) is 0 Å². The van der Waals surface area contributed by atoms with Crippen molar-refractivity contribution in [1.29, 1.82) is 0 Å². The number of halogens is 3. The molecule has 0 bridgehead atoms. The van der Waals surface area contributed by atoms with E-state index >= 15 is 0 Å². The van der Waals surface area contributed by atoms with Gasteiger partial charge in [-0.25, -0.2) is 13.8 Å². The summed E-state index contributed by atoms with van der Waals surface area (Å²) in [4.78, 5) is 3.93. The summed E-state index contributed by atoms with van der Waals surface area (Å²) in [6.07, 6.45) is 0. The van der Waals surface area contributed by atoms with Crippen molar-refractivity contribution in [2.24, 2.45) is 4.99 Å². The Bertz CT molecular complexity index is 926. The molecule has 24 heavy (non-hydrogen) atoms. The normalized spacial score (nSPS) is 11.8. The predicted molar refractivity (Wildman–Crippen MR) is 80.1 cm³/mol. The molecule has 0 saturated heterocycles. The number of rotatable bonds is 3. The number of ether oxygens (including phenoxy) is 1. The molecule has 124 valence electrons. The first-order valence-corrected chi connectivity index (χ1v) is 6.71. The number of benzene rings is 2. The summed E-state index contributed by atoms with van der Waals surface area (Å²) in [6.45, 7) is 0. The van der Waals surface area contributed by atoms with Gasteiger partial charge in [0.1, 0.15) is 5.52 Å². The topological polar surface area (TPSA) is 82.5 Å². The summed E-state index contributed by atoms with van der Waals surface area (Å²) in [7, 11) is 1.02. The van der Waals surface area contributed by atoms with Gasteiger partial charge in [-0.1, -0.05) is 30.3 Å². The summed E-state index contributed by atoms with van der Waals surface area (Å²) < 4.78 is 46.8. The van der Waals surface area contributed by atoms with Gasteiger partial charge in [0.15, 0.2) is 29.0 Å². The van der Waals surface area contributed by atoms with Crippen molar-refractivity contribution < 1.29 is 23.1 Å². The largest absolute Gasteiger partial charge is 0.491 e. The van der Waals surface area contributed by atoms with Gasteiger partial charge in [0, 0.05) is 5.56 Å². The molecule has 3 N–H and O–H groups in total. The van der Waals surface area contributed by atoms with Crippen LogP contribution in [0.2, 0.25) is 0 Å². The number of amidine groups is 1. The molecule has 0 atom stereocenters. The standard InChI is InChI=1S/C15H11F3N4O2/c1-24-13-10(17)9(16)8-12(11(13)18)20-21-15(8)19-14(22-23)7-5-3-2-4-6-7/h2-6,23H,1H3,(H2,19,20,21,22). The van der Waals surface area contributed by atoms with Crippen LogP contribution in [0.1, 0.15) is 5.56 Å². The molecule has 0 fully saturated rings. The highest BCUT2D eigenvalue weighted by atomic mass is 19.2. The molecule has 6 nitrogen and oxygen atoms in total. The van der Waals surface area contributed by atoms with E-state index in [1.54, 1.807) is 30.3 Å². The number of nitrogens with one attached hydrogen (secondary N) is 2. The van der Waals surface area contributed by atoms with Gasteiger partial charge in [0.05, 0.1) is 12.5 Å². The molecule has 0 aliphatic heterocycles. The molecule has 1 heterocycles. The van der Waals surface area contributed by atoms with Crippen molar-refractivity contribution >= 4 is 22.6 Å². The predicted octanol–water partition coefficient (Wildman–Crippen LogP) is 3.05. The van der Waals surface area contributed by atoms with Crippen LogP contribution in [0.4, 0.5) is 19.0 Å². The highest BCUT2D eigenvalue weighted by Crippen LogP contribution is 2.36. The second-order valence-corrected chi connectivity index (χ2v) is 4.71. The zero-order valence-corrected chi connectivity index (χ0v) is 12.3. The SMILES string of the molecule is COc1c(F)c(F)c2c(N=C(NO)c3ccccc3)n[nH]c2c1F. The number of hydrogen-bond acceptors (Lipinski definition) is 4. The van der Waals surface area contributed by atoms with Crippen LogP contribution >= 0.6 is 0 Å². The number of nitrogens with zero attached hydrogens (tertiary/aromatic N) is 2.